The van der Waals surface area contributed by atoms with E-state index in [9.17, 15) is 9.59 Å². The number of carboxylic acids is 1. The maximum absolute atomic E-state index is 11.7. The Balaban J connectivity index is 2.47. The minimum Gasteiger partial charge on any atom is -0.486 e. The van der Waals surface area contributed by atoms with Crippen molar-refractivity contribution in [1.29, 1.82) is 0 Å². The first-order valence-corrected chi connectivity index (χ1v) is 5.24. The van der Waals surface area contributed by atoms with Gasteiger partial charge in [-0.3, -0.25) is 0 Å². The first-order valence-electron chi connectivity index (χ1n) is 5.24. The highest BCUT2D eigenvalue weighted by atomic mass is 16.6. The molecule has 2 unspecified atom stereocenters. The molecule has 1 aromatic rings. The van der Waals surface area contributed by atoms with Crippen LogP contribution < -0.4 is 4.74 Å². The van der Waals surface area contributed by atoms with Gasteiger partial charge in [-0.05, 0) is 32.0 Å². The second-order valence-electron chi connectivity index (χ2n) is 3.95. The lowest BCUT2D eigenvalue weighted by atomic mass is 10.1. The van der Waals surface area contributed by atoms with Gasteiger partial charge in [0.1, 0.15) is 23.5 Å². The van der Waals surface area contributed by atoms with Crippen molar-refractivity contribution in [2.45, 2.75) is 26.1 Å². The summed E-state index contributed by atoms with van der Waals surface area (Å²) in [7, 11) is 0. The lowest BCUT2D eigenvalue weighted by Gasteiger charge is -2.16. The Kier molecular flexibility index (Phi) is 2.75. The molecule has 1 N–H and O–H groups in total. The van der Waals surface area contributed by atoms with Crippen LogP contribution in [-0.4, -0.2) is 29.3 Å². The van der Waals surface area contributed by atoms with Gasteiger partial charge >= 0.3 is 11.9 Å². The summed E-state index contributed by atoms with van der Waals surface area (Å²) in [4.78, 5) is 22.6. The number of fused-ring (bicyclic) bond motifs is 1. The standard InChI is InChI=1S/C12H12O5/c1-6-7(2)17-12(15)9-5-8(11(13)14)3-4-10(9)16-6/h3-7H,1-2H3,(H,13,14). The Morgan fingerprint density at radius 1 is 1.24 bits per heavy atom. The van der Waals surface area contributed by atoms with Gasteiger partial charge in [0.25, 0.3) is 0 Å². The number of aromatic carboxylic acids is 1. The molecule has 0 radical (unpaired) electrons. The first-order chi connectivity index (χ1) is 7.99. The fourth-order valence-corrected chi connectivity index (χ4v) is 1.55. The molecule has 0 aromatic heterocycles. The van der Waals surface area contributed by atoms with Gasteiger partial charge < -0.3 is 14.6 Å². The molecule has 0 saturated heterocycles. The van der Waals surface area contributed by atoms with Crippen molar-refractivity contribution in [3.8, 4) is 5.75 Å². The maximum Gasteiger partial charge on any atom is 0.342 e. The molecule has 0 spiro atoms. The van der Waals surface area contributed by atoms with Gasteiger partial charge in [-0.1, -0.05) is 0 Å². The molecule has 0 aliphatic carbocycles. The fraction of sp³-hybridized carbons (Fsp3) is 0.333. The van der Waals surface area contributed by atoms with Crippen molar-refractivity contribution >= 4 is 11.9 Å². The Hall–Kier alpha value is -2.04. The van der Waals surface area contributed by atoms with E-state index in [0.29, 0.717) is 5.75 Å². The van der Waals surface area contributed by atoms with E-state index < -0.39 is 11.9 Å². The minimum atomic E-state index is -1.09. The fourth-order valence-electron chi connectivity index (χ4n) is 1.55. The molecule has 5 heteroatoms. The molecule has 0 bridgehead atoms. The van der Waals surface area contributed by atoms with Gasteiger partial charge in [0, 0.05) is 0 Å². The molecule has 0 fully saturated rings. The predicted octanol–water partition coefficient (Wildman–Crippen LogP) is 1.71. The summed E-state index contributed by atoms with van der Waals surface area (Å²) in [5.41, 5.74) is 0.188. The van der Waals surface area contributed by atoms with Crippen LogP contribution in [0.25, 0.3) is 0 Å². The Morgan fingerprint density at radius 3 is 2.53 bits per heavy atom. The summed E-state index contributed by atoms with van der Waals surface area (Å²) in [6, 6.07) is 4.15. The number of hydrogen-bond donors (Lipinski definition) is 1. The van der Waals surface area contributed by atoms with E-state index in [-0.39, 0.29) is 23.3 Å². The van der Waals surface area contributed by atoms with Crippen LogP contribution in [0.15, 0.2) is 18.2 Å². The second-order valence-corrected chi connectivity index (χ2v) is 3.95. The minimum absolute atomic E-state index is 0.0338. The van der Waals surface area contributed by atoms with E-state index in [2.05, 4.69) is 0 Å². The summed E-state index contributed by atoms with van der Waals surface area (Å²) in [5.74, 6) is -1.29. The molecular weight excluding hydrogens is 224 g/mol. The largest absolute Gasteiger partial charge is 0.486 e. The van der Waals surface area contributed by atoms with Crippen molar-refractivity contribution in [3.05, 3.63) is 29.3 Å². The highest BCUT2D eigenvalue weighted by Crippen LogP contribution is 2.27. The molecule has 1 aromatic carbocycles. The van der Waals surface area contributed by atoms with Crippen LogP contribution in [0.5, 0.6) is 5.75 Å². The number of benzene rings is 1. The number of ether oxygens (including phenoxy) is 2. The first kappa shape index (κ1) is 11.4. The SMILES string of the molecule is CC1OC(=O)c2cc(C(=O)O)ccc2OC1C. The number of cyclic esters (lactones) is 1. The van der Waals surface area contributed by atoms with Crippen molar-refractivity contribution < 1.29 is 24.2 Å². The monoisotopic (exact) mass is 236 g/mol. The van der Waals surface area contributed by atoms with Gasteiger partial charge in [0.05, 0.1) is 5.56 Å². The van der Waals surface area contributed by atoms with Gasteiger partial charge in [0.2, 0.25) is 0 Å². The zero-order valence-corrected chi connectivity index (χ0v) is 9.47. The van der Waals surface area contributed by atoms with E-state index in [0.717, 1.165) is 0 Å². The normalized spacial score (nSPS) is 23.1. The average Bonchev–Trinajstić information content (AvgIpc) is 2.37. The van der Waals surface area contributed by atoms with Crippen LogP contribution in [0.4, 0.5) is 0 Å². The van der Waals surface area contributed by atoms with Gasteiger partial charge in [0.15, 0.2) is 0 Å². The van der Waals surface area contributed by atoms with E-state index in [1.807, 2.05) is 0 Å². The van der Waals surface area contributed by atoms with Crippen molar-refractivity contribution in [1.82, 2.24) is 0 Å². The number of hydrogen-bond acceptors (Lipinski definition) is 4. The zero-order chi connectivity index (χ0) is 12.6. The molecule has 90 valence electrons. The lowest BCUT2D eigenvalue weighted by Crippen LogP contribution is -2.27. The second kappa shape index (κ2) is 4.08. The third kappa shape index (κ3) is 2.08. The van der Waals surface area contributed by atoms with E-state index >= 15 is 0 Å². The highest BCUT2D eigenvalue weighted by molar-refractivity contribution is 5.97. The molecule has 0 saturated carbocycles. The summed E-state index contributed by atoms with van der Waals surface area (Å²) >= 11 is 0. The van der Waals surface area contributed by atoms with Crippen LogP contribution in [-0.2, 0) is 4.74 Å². The van der Waals surface area contributed by atoms with Crippen molar-refractivity contribution in [2.24, 2.45) is 0 Å². The molecule has 2 atom stereocenters. The van der Waals surface area contributed by atoms with E-state index in [1.165, 1.54) is 18.2 Å². The van der Waals surface area contributed by atoms with Crippen molar-refractivity contribution in [3.63, 3.8) is 0 Å². The lowest BCUT2D eigenvalue weighted by molar-refractivity contribution is 0.0112. The molecule has 1 aliphatic heterocycles. The van der Waals surface area contributed by atoms with E-state index in [1.54, 1.807) is 13.8 Å². The topological polar surface area (TPSA) is 72.8 Å². The van der Waals surface area contributed by atoms with Crippen LogP contribution in [0, 0.1) is 0 Å². The molecule has 17 heavy (non-hydrogen) atoms. The Labute approximate surface area is 98.0 Å². The summed E-state index contributed by atoms with van der Waals surface area (Å²) in [6.07, 6.45) is -0.640. The van der Waals surface area contributed by atoms with Gasteiger partial charge in [-0.25, -0.2) is 9.59 Å². The van der Waals surface area contributed by atoms with Crippen LogP contribution in [0.2, 0.25) is 0 Å². The summed E-state index contributed by atoms with van der Waals surface area (Å²) < 4.78 is 10.7. The van der Waals surface area contributed by atoms with Crippen molar-refractivity contribution in [2.75, 3.05) is 0 Å². The zero-order valence-electron chi connectivity index (χ0n) is 9.47. The van der Waals surface area contributed by atoms with Gasteiger partial charge in [-0.15, -0.1) is 0 Å². The molecule has 2 rings (SSSR count). The summed E-state index contributed by atoms with van der Waals surface area (Å²) in [5, 5.41) is 8.85. The molecular formula is C12H12O5. The number of carbonyl (C=O) groups excluding carboxylic acids is 1. The number of carbonyl (C=O) groups is 2. The number of carboxylic acid groups (broad SMARTS) is 1. The quantitative estimate of drug-likeness (QED) is 0.751. The molecule has 5 nitrogen and oxygen atoms in total. The molecule has 1 aliphatic rings. The molecule has 0 amide bonds. The van der Waals surface area contributed by atoms with E-state index in [4.69, 9.17) is 14.6 Å². The Morgan fingerprint density at radius 2 is 1.88 bits per heavy atom. The summed E-state index contributed by atoms with van der Waals surface area (Å²) in [6.45, 7) is 3.52. The highest BCUT2D eigenvalue weighted by Gasteiger charge is 2.28. The third-order valence-electron chi connectivity index (χ3n) is 2.71. The Bertz CT molecular complexity index is 480. The average molecular weight is 236 g/mol. The van der Waals surface area contributed by atoms with Crippen LogP contribution in [0.3, 0.4) is 0 Å². The molecule has 1 heterocycles. The van der Waals surface area contributed by atoms with Gasteiger partial charge in [-0.2, -0.15) is 0 Å². The maximum atomic E-state index is 11.7. The smallest absolute Gasteiger partial charge is 0.342 e. The number of esters is 1. The number of rotatable bonds is 1. The predicted molar refractivity (Wildman–Crippen MR) is 58.4 cm³/mol. The third-order valence-corrected chi connectivity index (χ3v) is 2.71. The van der Waals surface area contributed by atoms with Crippen LogP contribution >= 0.6 is 0 Å². The van der Waals surface area contributed by atoms with Crippen LogP contribution in [0.1, 0.15) is 34.6 Å².